The van der Waals surface area contributed by atoms with Crippen molar-refractivity contribution in [3.05, 3.63) is 64.3 Å². The molecule has 5 nitrogen and oxygen atoms in total. The number of nitrogens with one attached hydrogen (secondary N) is 1. The molecule has 0 atom stereocenters. The van der Waals surface area contributed by atoms with Crippen molar-refractivity contribution in [2.75, 3.05) is 5.32 Å². The Morgan fingerprint density at radius 2 is 1.81 bits per heavy atom. The Labute approximate surface area is 119 Å². The maximum absolute atomic E-state index is 12.6. The molecule has 102 valence electrons. The third kappa shape index (κ3) is 1.71. The van der Waals surface area contributed by atoms with E-state index in [2.05, 4.69) is 10.3 Å². The molecule has 1 aromatic heterocycles. The molecule has 0 radical (unpaired) electrons. The van der Waals surface area contributed by atoms with Gasteiger partial charge in [0.15, 0.2) is 0 Å². The Morgan fingerprint density at radius 1 is 1.05 bits per heavy atom. The number of hydrogen-bond acceptors (Lipinski definition) is 5. The van der Waals surface area contributed by atoms with Gasteiger partial charge in [0.2, 0.25) is 11.3 Å². The summed E-state index contributed by atoms with van der Waals surface area (Å²) in [6.07, 6.45) is 0. The van der Waals surface area contributed by atoms with Crippen LogP contribution < -0.4 is 16.5 Å². The van der Waals surface area contributed by atoms with E-state index in [1.165, 1.54) is 0 Å². The van der Waals surface area contributed by atoms with Crippen molar-refractivity contribution in [1.82, 2.24) is 0 Å². The summed E-state index contributed by atoms with van der Waals surface area (Å²) < 4.78 is 5.80. The van der Waals surface area contributed by atoms with Gasteiger partial charge in [-0.1, -0.05) is 24.3 Å². The van der Waals surface area contributed by atoms with Crippen LogP contribution in [0.1, 0.15) is 5.56 Å². The molecule has 4 rings (SSSR count). The highest BCUT2D eigenvalue weighted by molar-refractivity contribution is 6.07. The third-order valence-corrected chi connectivity index (χ3v) is 3.45. The van der Waals surface area contributed by atoms with Crippen LogP contribution in [0.4, 0.5) is 17.3 Å². The fraction of sp³-hybridized carbons (Fsp3) is 0. The van der Waals surface area contributed by atoms with Gasteiger partial charge in [0.25, 0.3) is 0 Å². The molecule has 2 heterocycles. The van der Waals surface area contributed by atoms with Gasteiger partial charge in [-0.3, -0.25) is 4.79 Å². The molecule has 0 aliphatic carbocycles. The summed E-state index contributed by atoms with van der Waals surface area (Å²) in [5, 5.41) is 3.59. The molecule has 3 N–H and O–H groups in total. The number of nitrogens with two attached hydrogens (primary N) is 1. The summed E-state index contributed by atoms with van der Waals surface area (Å²) in [6.45, 7) is 0. The van der Waals surface area contributed by atoms with E-state index in [1.54, 1.807) is 18.2 Å². The van der Waals surface area contributed by atoms with Gasteiger partial charge >= 0.3 is 0 Å². The van der Waals surface area contributed by atoms with Crippen molar-refractivity contribution in [2.24, 2.45) is 10.7 Å². The van der Waals surface area contributed by atoms with Crippen molar-refractivity contribution < 1.29 is 4.42 Å². The largest absolute Gasteiger partial charge is 0.439 e. The first-order chi connectivity index (χ1) is 10.2. The topological polar surface area (TPSA) is 80.6 Å². The minimum absolute atomic E-state index is 0.155. The van der Waals surface area contributed by atoms with Crippen LogP contribution in [0.2, 0.25) is 0 Å². The molecule has 0 unspecified atom stereocenters. The van der Waals surface area contributed by atoms with Crippen LogP contribution in [0.25, 0.3) is 11.0 Å². The summed E-state index contributed by atoms with van der Waals surface area (Å²) >= 11 is 0. The second kappa shape index (κ2) is 4.21. The summed E-state index contributed by atoms with van der Waals surface area (Å²) in [4.78, 5) is 16.9. The van der Waals surface area contributed by atoms with Gasteiger partial charge in [-0.15, -0.1) is 0 Å². The fourth-order valence-electron chi connectivity index (χ4n) is 2.45. The predicted octanol–water partition coefficient (Wildman–Crippen LogP) is 2.89. The van der Waals surface area contributed by atoms with Crippen molar-refractivity contribution in [1.29, 1.82) is 0 Å². The summed E-state index contributed by atoms with van der Waals surface area (Å²) in [7, 11) is 0. The van der Waals surface area contributed by atoms with Crippen LogP contribution in [0.3, 0.4) is 0 Å². The van der Waals surface area contributed by atoms with Crippen molar-refractivity contribution in [2.45, 2.75) is 0 Å². The molecule has 1 aliphatic heterocycles. The Morgan fingerprint density at radius 3 is 2.71 bits per heavy atom. The van der Waals surface area contributed by atoms with Crippen LogP contribution in [0, 0.1) is 0 Å². The zero-order chi connectivity index (χ0) is 14.4. The first-order valence-corrected chi connectivity index (χ1v) is 6.50. The van der Waals surface area contributed by atoms with E-state index >= 15 is 0 Å². The van der Waals surface area contributed by atoms with Gasteiger partial charge in [0.05, 0.1) is 16.8 Å². The molecular weight excluding hydrogens is 266 g/mol. The van der Waals surface area contributed by atoms with Crippen LogP contribution >= 0.6 is 0 Å². The van der Waals surface area contributed by atoms with Crippen molar-refractivity contribution in [3.63, 3.8) is 0 Å². The molecule has 0 saturated heterocycles. The van der Waals surface area contributed by atoms with Gasteiger partial charge in [-0.05, 0) is 24.3 Å². The third-order valence-electron chi connectivity index (χ3n) is 3.45. The molecule has 0 bridgehead atoms. The fourth-order valence-corrected chi connectivity index (χ4v) is 2.45. The van der Waals surface area contributed by atoms with Gasteiger partial charge in [0, 0.05) is 0 Å². The van der Waals surface area contributed by atoms with E-state index in [4.69, 9.17) is 10.2 Å². The Kier molecular flexibility index (Phi) is 2.35. The lowest BCUT2D eigenvalue weighted by molar-refractivity contribution is 0.621. The second-order valence-electron chi connectivity index (χ2n) is 4.77. The number of fused-ring (bicyclic) bond motifs is 3. The number of amidine groups is 1. The van der Waals surface area contributed by atoms with Gasteiger partial charge in [-0.25, -0.2) is 4.99 Å². The van der Waals surface area contributed by atoms with E-state index in [9.17, 15) is 4.79 Å². The van der Waals surface area contributed by atoms with Gasteiger partial charge in [0.1, 0.15) is 17.0 Å². The molecule has 0 saturated carbocycles. The van der Waals surface area contributed by atoms with Crippen molar-refractivity contribution >= 4 is 34.1 Å². The zero-order valence-electron chi connectivity index (χ0n) is 11.0. The quantitative estimate of drug-likeness (QED) is 0.662. The van der Waals surface area contributed by atoms with E-state index in [0.717, 1.165) is 5.69 Å². The van der Waals surface area contributed by atoms with Crippen LogP contribution in [0.15, 0.2) is 62.7 Å². The molecule has 0 spiro atoms. The first kappa shape index (κ1) is 11.7. The number of benzene rings is 2. The number of anilines is 2. The van der Waals surface area contributed by atoms with E-state index < -0.39 is 0 Å². The van der Waals surface area contributed by atoms with Crippen LogP contribution in [-0.4, -0.2) is 5.84 Å². The highest BCUT2D eigenvalue weighted by atomic mass is 16.3. The average Bonchev–Trinajstić information content (AvgIpc) is 2.63. The normalized spacial score (nSPS) is 12.9. The molecule has 21 heavy (non-hydrogen) atoms. The SMILES string of the molecule is NC1=Nc2ccccc2Nc2oc3ccccc3c(=O)c21. The standard InChI is InChI=1S/C16H11N3O2/c17-15-13-14(20)9-5-1-4-8-12(9)21-16(13)19-11-7-3-2-6-10(11)18-15/h1-8,19H,(H2,17,18). The molecule has 2 aromatic carbocycles. The highest BCUT2D eigenvalue weighted by Gasteiger charge is 2.21. The van der Waals surface area contributed by atoms with Gasteiger partial charge < -0.3 is 15.5 Å². The minimum atomic E-state index is -0.187. The highest BCUT2D eigenvalue weighted by Crippen LogP contribution is 2.33. The number of para-hydroxylation sites is 3. The van der Waals surface area contributed by atoms with E-state index in [0.29, 0.717) is 22.5 Å². The number of aliphatic imine (C=N–C) groups is 1. The minimum Gasteiger partial charge on any atom is -0.439 e. The Bertz CT molecular complexity index is 957. The summed E-state index contributed by atoms with van der Waals surface area (Å²) in [5.41, 5.74) is 8.02. The van der Waals surface area contributed by atoms with E-state index in [1.807, 2.05) is 30.3 Å². The average molecular weight is 277 g/mol. The Balaban J connectivity index is 2.10. The molecule has 0 amide bonds. The maximum Gasteiger partial charge on any atom is 0.213 e. The number of nitrogens with zero attached hydrogens (tertiary/aromatic N) is 1. The van der Waals surface area contributed by atoms with Crippen molar-refractivity contribution in [3.8, 4) is 0 Å². The predicted molar refractivity (Wildman–Crippen MR) is 82.6 cm³/mol. The molecule has 3 aromatic rings. The smallest absolute Gasteiger partial charge is 0.213 e. The lowest BCUT2D eigenvalue weighted by Crippen LogP contribution is -2.23. The summed E-state index contributed by atoms with van der Waals surface area (Å²) in [5.74, 6) is 0.479. The lowest BCUT2D eigenvalue weighted by Gasteiger charge is -2.08. The monoisotopic (exact) mass is 277 g/mol. The van der Waals surface area contributed by atoms with Crippen LogP contribution in [-0.2, 0) is 0 Å². The summed E-state index contributed by atoms with van der Waals surface area (Å²) in [6, 6.07) is 14.5. The first-order valence-electron chi connectivity index (χ1n) is 6.50. The molecular formula is C16H11N3O2. The Hall–Kier alpha value is -3.08. The zero-order valence-corrected chi connectivity index (χ0v) is 11.0. The molecule has 0 fully saturated rings. The van der Waals surface area contributed by atoms with E-state index in [-0.39, 0.29) is 16.8 Å². The van der Waals surface area contributed by atoms with Crippen LogP contribution in [0.5, 0.6) is 0 Å². The number of hydrogen-bond donors (Lipinski definition) is 2. The second-order valence-corrected chi connectivity index (χ2v) is 4.77. The number of rotatable bonds is 0. The molecule has 5 heteroatoms. The van der Waals surface area contributed by atoms with Gasteiger partial charge in [-0.2, -0.15) is 0 Å². The lowest BCUT2D eigenvalue weighted by atomic mass is 10.1. The molecule has 1 aliphatic rings. The maximum atomic E-state index is 12.6.